The maximum absolute atomic E-state index is 12.4. The lowest BCUT2D eigenvalue weighted by atomic mass is 10.1. The second kappa shape index (κ2) is 7.59. The highest BCUT2D eigenvalue weighted by Crippen LogP contribution is 2.23. The molecule has 2 N–H and O–H groups in total. The summed E-state index contributed by atoms with van der Waals surface area (Å²) in [5.41, 5.74) is 0.810. The number of thiocarbonyl (C=S) groups is 1. The Morgan fingerprint density at radius 2 is 1.95 bits per heavy atom. The third-order valence-corrected chi connectivity index (χ3v) is 3.58. The SMILES string of the molecule is CN(C)CCCN1C(=O)C(c2ccc(O)cc2)NC1=S.Cl. The van der Waals surface area contributed by atoms with Gasteiger partial charge in [0.1, 0.15) is 11.8 Å². The van der Waals surface area contributed by atoms with E-state index in [0.29, 0.717) is 11.7 Å². The van der Waals surface area contributed by atoms with Crippen molar-refractivity contribution in [2.45, 2.75) is 12.5 Å². The molecule has 7 heteroatoms. The Bertz CT molecular complexity index is 507. The van der Waals surface area contributed by atoms with Crippen molar-refractivity contribution in [2.75, 3.05) is 27.2 Å². The average molecular weight is 330 g/mol. The van der Waals surface area contributed by atoms with E-state index in [1.54, 1.807) is 29.2 Å². The zero-order valence-electron chi connectivity index (χ0n) is 12.1. The molecule has 0 saturated carbocycles. The van der Waals surface area contributed by atoms with Gasteiger partial charge in [-0.1, -0.05) is 12.1 Å². The second-order valence-electron chi connectivity index (χ2n) is 5.12. The van der Waals surface area contributed by atoms with Crippen molar-refractivity contribution in [3.05, 3.63) is 29.8 Å². The number of hydrogen-bond acceptors (Lipinski definition) is 4. The van der Waals surface area contributed by atoms with Crippen molar-refractivity contribution >= 4 is 35.6 Å². The van der Waals surface area contributed by atoms with Gasteiger partial charge in [0.05, 0.1) is 0 Å². The Morgan fingerprint density at radius 1 is 1.33 bits per heavy atom. The first-order valence-electron chi connectivity index (χ1n) is 6.54. The van der Waals surface area contributed by atoms with E-state index in [1.165, 1.54) is 0 Å². The minimum absolute atomic E-state index is 0. The molecule has 0 aliphatic carbocycles. The molecule has 0 spiro atoms. The van der Waals surface area contributed by atoms with Gasteiger partial charge in [-0.15, -0.1) is 12.4 Å². The summed E-state index contributed by atoms with van der Waals surface area (Å²) in [5.74, 6) is 0.157. The Balaban J connectivity index is 0.00000220. The van der Waals surface area contributed by atoms with E-state index in [-0.39, 0.29) is 24.1 Å². The van der Waals surface area contributed by atoms with Crippen LogP contribution in [0.15, 0.2) is 24.3 Å². The zero-order chi connectivity index (χ0) is 14.7. The van der Waals surface area contributed by atoms with E-state index >= 15 is 0 Å². The van der Waals surface area contributed by atoms with E-state index < -0.39 is 6.04 Å². The number of nitrogens with one attached hydrogen (secondary N) is 1. The zero-order valence-corrected chi connectivity index (χ0v) is 13.7. The molecule has 0 aromatic heterocycles. The van der Waals surface area contributed by atoms with Gasteiger partial charge in [0.15, 0.2) is 5.11 Å². The van der Waals surface area contributed by atoms with Crippen LogP contribution < -0.4 is 5.32 Å². The molecule has 0 bridgehead atoms. The van der Waals surface area contributed by atoms with E-state index in [2.05, 4.69) is 10.2 Å². The number of aromatic hydroxyl groups is 1. The number of nitrogens with zero attached hydrogens (tertiary/aromatic N) is 2. The monoisotopic (exact) mass is 329 g/mol. The van der Waals surface area contributed by atoms with Crippen LogP contribution in [0.3, 0.4) is 0 Å². The van der Waals surface area contributed by atoms with E-state index in [0.717, 1.165) is 18.5 Å². The van der Waals surface area contributed by atoms with Crippen LogP contribution in [-0.4, -0.2) is 53.1 Å². The molecule has 1 aliphatic heterocycles. The van der Waals surface area contributed by atoms with Crippen LogP contribution in [0.1, 0.15) is 18.0 Å². The van der Waals surface area contributed by atoms with Crippen LogP contribution in [0, 0.1) is 0 Å². The number of phenolic OH excluding ortho intramolecular Hbond substituents is 1. The van der Waals surface area contributed by atoms with Crippen LogP contribution in [0.25, 0.3) is 0 Å². The Morgan fingerprint density at radius 3 is 2.52 bits per heavy atom. The van der Waals surface area contributed by atoms with Crippen molar-refractivity contribution in [3.63, 3.8) is 0 Å². The largest absolute Gasteiger partial charge is 0.508 e. The van der Waals surface area contributed by atoms with E-state index in [9.17, 15) is 9.90 Å². The minimum atomic E-state index is -0.442. The van der Waals surface area contributed by atoms with Crippen molar-refractivity contribution in [2.24, 2.45) is 0 Å². The van der Waals surface area contributed by atoms with Crippen LogP contribution in [0.2, 0.25) is 0 Å². The molecule has 1 aromatic rings. The molecule has 1 fully saturated rings. The lowest BCUT2D eigenvalue weighted by Gasteiger charge is -2.16. The summed E-state index contributed by atoms with van der Waals surface area (Å²) in [6, 6.07) is 6.17. The van der Waals surface area contributed by atoms with Gasteiger partial charge < -0.3 is 15.3 Å². The van der Waals surface area contributed by atoms with Crippen LogP contribution in [0.4, 0.5) is 0 Å². The number of carbonyl (C=O) groups is 1. The van der Waals surface area contributed by atoms with Gasteiger partial charge in [0.2, 0.25) is 0 Å². The number of amides is 1. The van der Waals surface area contributed by atoms with Crippen molar-refractivity contribution in [3.8, 4) is 5.75 Å². The Labute approximate surface area is 136 Å². The molecule has 21 heavy (non-hydrogen) atoms. The standard InChI is InChI=1S/C14H19N3O2S.ClH/c1-16(2)8-3-9-17-13(19)12(15-14(17)20)10-4-6-11(18)7-5-10;/h4-7,12,18H,3,8-9H2,1-2H3,(H,15,20);1H. The lowest BCUT2D eigenvalue weighted by Crippen LogP contribution is -2.33. The summed E-state index contributed by atoms with van der Waals surface area (Å²) in [5, 5.41) is 12.8. The summed E-state index contributed by atoms with van der Waals surface area (Å²) >= 11 is 5.23. The van der Waals surface area contributed by atoms with Gasteiger partial charge in [-0.2, -0.15) is 0 Å². The van der Waals surface area contributed by atoms with Crippen LogP contribution in [0.5, 0.6) is 5.75 Å². The molecule has 5 nitrogen and oxygen atoms in total. The third-order valence-electron chi connectivity index (χ3n) is 3.24. The predicted octanol–water partition coefficient (Wildman–Crippen LogP) is 1.52. The van der Waals surface area contributed by atoms with E-state index in [4.69, 9.17) is 12.2 Å². The van der Waals surface area contributed by atoms with Gasteiger partial charge in [-0.25, -0.2) is 0 Å². The van der Waals surface area contributed by atoms with Crippen molar-refractivity contribution in [1.29, 1.82) is 0 Å². The Kier molecular flexibility index (Phi) is 6.39. The molecule has 116 valence electrons. The molecule has 1 amide bonds. The number of phenols is 1. The molecule has 1 saturated heterocycles. The van der Waals surface area contributed by atoms with Gasteiger partial charge in [0, 0.05) is 6.54 Å². The third kappa shape index (κ3) is 4.30. The fourth-order valence-corrected chi connectivity index (χ4v) is 2.47. The first-order valence-corrected chi connectivity index (χ1v) is 6.95. The smallest absolute Gasteiger partial charge is 0.255 e. The van der Waals surface area contributed by atoms with Gasteiger partial charge in [-0.05, 0) is 57.0 Å². The van der Waals surface area contributed by atoms with Gasteiger partial charge in [0.25, 0.3) is 5.91 Å². The Hall–Kier alpha value is -1.37. The number of benzene rings is 1. The highest BCUT2D eigenvalue weighted by molar-refractivity contribution is 7.80. The summed E-state index contributed by atoms with van der Waals surface area (Å²) in [7, 11) is 4.00. The highest BCUT2D eigenvalue weighted by atomic mass is 35.5. The van der Waals surface area contributed by atoms with Crippen molar-refractivity contribution in [1.82, 2.24) is 15.1 Å². The molecule has 1 heterocycles. The number of halogens is 1. The van der Waals surface area contributed by atoms with Gasteiger partial charge >= 0.3 is 0 Å². The molecule has 1 atom stereocenters. The quantitative estimate of drug-likeness (QED) is 0.802. The summed E-state index contributed by atoms with van der Waals surface area (Å²) in [6.07, 6.45) is 0.878. The average Bonchev–Trinajstić information content (AvgIpc) is 2.67. The molecule has 2 rings (SSSR count). The summed E-state index contributed by atoms with van der Waals surface area (Å²) in [4.78, 5) is 16.1. The lowest BCUT2D eigenvalue weighted by molar-refractivity contribution is -0.127. The highest BCUT2D eigenvalue weighted by Gasteiger charge is 2.35. The van der Waals surface area contributed by atoms with E-state index in [1.807, 2.05) is 14.1 Å². The summed E-state index contributed by atoms with van der Waals surface area (Å²) in [6.45, 7) is 1.54. The normalized spacial score (nSPS) is 17.9. The minimum Gasteiger partial charge on any atom is -0.508 e. The van der Waals surface area contributed by atoms with Crippen LogP contribution in [-0.2, 0) is 4.79 Å². The molecule has 1 unspecified atom stereocenters. The second-order valence-corrected chi connectivity index (χ2v) is 5.51. The van der Waals surface area contributed by atoms with Gasteiger partial charge in [-0.3, -0.25) is 9.69 Å². The number of hydrogen-bond donors (Lipinski definition) is 2. The summed E-state index contributed by atoms with van der Waals surface area (Å²) < 4.78 is 0. The molecular formula is C14H20ClN3O2S. The maximum atomic E-state index is 12.4. The molecule has 1 aromatic carbocycles. The molecule has 0 radical (unpaired) electrons. The van der Waals surface area contributed by atoms with Crippen LogP contribution >= 0.6 is 24.6 Å². The number of carbonyl (C=O) groups excluding carboxylic acids is 1. The van der Waals surface area contributed by atoms with Crippen molar-refractivity contribution < 1.29 is 9.90 Å². The first-order chi connectivity index (χ1) is 9.49. The molecular weight excluding hydrogens is 310 g/mol. The predicted molar refractivity (Wildman–Crippen MR) is 88.7 cm³/mol. The fraction of sp³-hybridized carbons (Fsp3) is 0.429. The number of rotatable bonds is 5. The molecule has 1 aliphatic rings. The maximum Gasteiger partial charge on any atom is 0.255 e. The first kappa shape index (κ1) is 17.7. The fourth-order valence-electron chi connectivity index (χ4n) is 2.17. The topological polar surface area (TPSA) is 55.8 Å².